The van der Waals surface area contributed by atoms with E-state index in [2.05, 4.69) is 0 Å². The molecule has 0 unspecified atom stereocenters. The minimum Gasteiger partial charge on any atom is -0.385 e. The van der Waals surface area contributed by atoms with Gasteiger partial charge in [-0.05, 0) is 39.3 Å². The average Bonchev–Trinajstić information content (AvgIpc) is 2.55. The summed E-state index contributed by atoms with van der Waals surface area (Å²) in [7, 11) is -3.61. The number of hydrogen-bond donors (Lipinski definition) is 1. The van der Waals surface area contributed by atoms with Crippen LogP contribution in [-0.4, -0.2) is 21.5 Å². The molecule has 0 saturated carbocycles. The fourth-order valence-electron chi connectivity index (χ4n) is 2.05. The quantitative estimate of drug-likeness (QED) is 0.550. The number of benzene rings is 2. The van der Waals surface area contributed by atoms with E-state index in [-0.39, 0.29) is 5.75 Å². The molecule has 0 amide bonds. The summed E-state index contributed by atoms with van der Waals surface area (Å²) in [5.41, 5.74) is 2.51. The van der Waals surface area contributed by atoms with Crippen LogP contribution in [0.3, 0.4) is 0 Å². The molecule has 118 valence electrons. The third-order valence-electron chi connectivity index (χ3n) is 3.45. The smallest absolute Gasteiger partial charge is 0.225 e. The molecule has 0 saturated heterocycles. The normalized spacial score (nSPS) is 16.0. The predicted octanol–water partition coefficient (Wildman–Crippen LogP) is 4.15. The molecule has 2 aromatic carbocycles. The zero-order valence-electron chi connectivity index (χ0n) is 11.9. The highest BCUT2D eigenvalue weighted by Gasteiger charge is 2.45. The molecule has 0 radical (unpaired) electrons. The third-order valence-corrected chi connectivity index (χ3v) is 8.77. The Morgan fingerprint density at radius 3 is 2.09 bits per heavy atom. The predicted molar refractivity (Wildman–Crippen MR) is 98.9 cm³/mol. The zero-order chi connectivity index (χ0) is 16.4. The topological polar surface area (TPSA) is 54.4 Å². The van der Waals surface area contributed by atoms with Gasteiger partial charge in [0.1, 0.15) is 6.10 Å². The van der Waals surface area contributed by atoms with E-state index in [1.54, 1.807) is 34.7 Å². The molecule has 22 heavy (non-hydrogen) atoms. The molecule has 0 aliphatic carbocycles. The van der Waals surface area contributed by atoms with Crippen LogP contribution >= 0.6 is 34.2 Å². The lowest BCUT2D eigenvalue weighted by atomic mass is 10.0. The summed E-state index contributed by atoms with van der Waals surface area (Å²) in [6.45, 7) is 1.51. The first-order valence-electron chi connectivity index (χ1n) is 6.73. The standard InChI is InChI=1S/C16H16ClIO3S/c1-2-22(20,21)16(17,18)15(19)14-10-8-13(9-11-14)12-6-4-3-5-7-12/h3-11,15,19H,2H2,1H3/t15-,16-/m1/s1. The Kier molecular flexibility index (Phi) is 5.53. The van der Waals surface area contributed by atoms with Crippen molar-refractivity contribution < 1.29 is 13.5 Å². The molecule has 2 rings (SSSR count). The van der Waals surface area contributed by atoms with Crippen molar-refractivity contribution in [3.63, 3.8) is 0 Å². The molecule has 6 heteroatoms. The van der Waals surface area contributed by atoms with Crippen molar-refractivity contribution in [2.45, 2.75) is 15.2 Å². The van der Waals surface area contributed by atoms with Gasteiger partial charge in [-0.15, -0.1) is 0 Å². The molecule has 0 aromatic heterocycles. The number of alkyl halides is 2. The summed E-state index contributed by atoms with van der Waals surface area (Å²) >= 11 is 7.71. The maximum atomic E-state index is 12.0. The highest BCUT2D eigenvalue weighted by molar-refractivity contribution is 14.1. The Bertz CT molecular complexity index is 728. The Balaban J connectivity index is 2.31. The second-order valence-electron chi connectivity index (χ2n) is 4.86. The molecule has 0 aliphatic heterocycles. The molecule has 0 bridgehead atoms. The number of aliphatic hydroxyl groups is 1. The van der Waals surface area contributed by atoms with Crippen molar-refractivity contribution in [1.29, 1.82) is 0 Å². The van der Waals surface area contributed by atoms with Crippen LogP contribution in [0.5, 0.6) is 0 Å². The van der Waals surface area contributed by atoms with E-state index < -0.39 is 18.2 Å². The van der Waals surface area contributed by atoms with Gasteiger partial charge >= 0.3 is 0 Å². The monoisotopic (exact) mass is 450 g/mol. The summed E-state index contributed by atoms with van der Waals surface area (Å²) < 4.78 is 22.3. The van der Waals surface area contributed by atoms with Crippen molar-refractivity contribution in [3.8, 4) is 11.1 Å². The lowest BCUT2D eigenvalue weighted by Gasteiger charge is -2.26. The maximum absolute atomic E-state index is 12.0. The van der Waals surface area contributed by atoms with Crippen LogP contribution in [0.2, 0.25) is 0 Å². The molecule has 1 N–H and O–H groups in total. The lowest BCUT2D eigenvalue weighted by Crippen LogP contribution is -2.34. The van der Waals surface area contributed by atoms with E-state index in [1.807, 2.05) is 42.5 Å². The molecule has 2 atom stereocenters. The van der Waals surface area contributed by atoms with E-state index in [0.29, 0.717) is 5.56 Å². The van der Waals surface area contributed by atoms with Gasteiger partial charge in [-0.1, -0.05) is 73.1 Å². The minimum absolute atomic E-state index is 0.126. The van der Waals surface area contributed by atoms with Gasteiger partial charge in [0.05, 0.1) is 5.75 Å². The summed E-state index contributed by atoms with van der Waals surface area (Å²) in [5.74, 6) is -0.126. The summed E-state index contributed by atoms with van der Waals surface area (Å²) in [6.07, 6.45) is -1.30. The SMILES string of the molecule is CCS(=O)(=O)[C@](Cl)(I)[C@H](O)c1ccc(-c2ccccc2)cc1. The van der Waals surface area contributed by atoms with E-state index in [4.69, 9.17) is 11.6 Å². The second-order valence-corrected chi connectivity index (χ2v) is 11.2. The van der Waals surface area contributed by atoms with Gasteiger partial charge in [-0.25, -0.2) is 8.42 Å². The molecule has 0 heterocycles. The van der Waals surface area contributed by atoms with E-state index in [0.717, 1.165) is 11.1 Å². The van der Waals surface area contributed by atoms with Gasteiger partial charge < -0.3 is 5.11 Å². The zero-order valence-corrected chi connectivity index (χ0v) is 15.6. The van der Waals surface area contributed by atoms with Crippen LogP contribution < -0.4 is 0 Å². The van der Waals surface area contributed by atoms with Crippen molar-refractivity contribution in [1.82, 2.24) is 0 Å². The Labute approximate surface area is 149 Å². The first-order valence-corrected chi connectivity index (χ1v) is 9.84. The number of hydrogen-bond acceptors (Lipinski definition) is 3. The van der Waals surface area contributed by atoms with E-state index in [9.17, 15) is 13.5 Å². The second kappa shape index (κ2) is 6.86. The van der Waals surface area contributed by atoms with Crippen molar-refractivity contribution >= 4 is 44.0 Å². The molecular weight excluding hydrogens is 435 g/mol. The van der Waals surface area contributed by atoms with Crippen LogP contribution in [0.25, 0.3) is 11.1 Å². The number of aliphatic hydroxyl groups excluding tert-OH is 1. The Morgan fingerprint density at radius 1 is 1.09 bits per heavy atom. The highest BCUT2D eigenvalue weighted by Crippen LogP contribution is 2.43. The van der Waals surface area contributed by atoms with Crippen LogP contribution in [0, 0.1) is 0 Å². The molecule has 3 nitrogen and oxygen atoms in total. The number of sulfone groups is 1. The maximum Gasteiger partial charge on any atom is 0.225 e. The summed E-state index contributed by atoms with van der Waals surface area (Å²) in [6, 6.07) is 16.9. The van der Waals surface area contributed by atoms with E-state index in [1.165, 1.54) is 6.92 Å². The van der Waals surface area contributed by atoms with Gasteiger partial charge in [0.15, 0.2) is 9.84 Å². The van der Waals surface area contributed by atoms with Crippen molar-refractivity contribution in [2.24, 2.45) is 0 Å². The Morgan fingerprint density at radius 2 is 1.59 bits per heavy atom. The van der Waals surface area contributed by atoms with Crippen LogP contribution in [0.4, 0.5) is 0 Å². The van der Waals surface area contributed by atoms with Gasteiger partial charge in [0.25, 0.3) is 0 Å². The molecular formula is C16H16ClIO3S. The largest absolute Gasteiger partial charge is 0.385 e. The lowest BCUT2D eigenvalue weighted by molar-refractivity contribution is 0.187. The van der Waals surface area contributed by atoms with Crippen molar-refractivity contribution in [2.75, 3.05) is 5.75 Å². The fraction of sp³-hybridized carbons (Fsp3) is 0.250. The molecule has 0 aliphatic rings. The number of halogens is 2. The highest BCUT2D eigenvalue weighted by atomic mass is 127. The first kappa shape index (κ1) is 17.7. The van der Waals surface area contributed by atoms with Crippen molar-refractivity contribution in [3.05, 3.63) is 60.2 Å². The Hall–Kier alpha value is -0.630. The fourth-order valence-corrected chi connectivity index (χ4v) is 4.65. The van der Waals surface area contributed by atoms with Crippen LogP contribution in [-0.2, 0) is 9.84 Å². The van der Waals surface area contributed by atoms with Crippen LogP contribution in [0.1, 0.15) is 18.6 Å². The molecule has 0 fully saturated rings. The van der Waals surface area contributed by atoms with Gasteiger partial charge in [0.2, 0.25) is 2.21 Å². The number of rotatable bonds is 5. The van der Waals surface area contributed by atoms with Crippen LogP contribution in [0.15, 0.2) is 54.6 Å². The molecule has 0 spiro atoms. The summed E-state index contributed by atoms with van der Waals surface area (Å²) in [4.78, 5) is 0. The van der Waals surface area contributed by atoms with Gasteiger partial charge in [-0.3, -0.25) is 0 Å². The molecule has 2 aromatic rings. The van der Waals surface area contributed by atoms with Gasteiger partial charge in [-0.2, -0.15) is 0 Å². The summed E-state index contributed by atoms with van der Waals surface area (Å²) in [5, 5.41) is 10.4. The minimum atomic E-state index is -3.61. The first-order chi connectivity index (χ1) is 10.3. The third kappa shape index (κ3) is 3.48. The van der Waals surface area contributed by atoms with Gasteiger partial charge in [0, 0.05) is 0 Å². The average molecular weight is 451 g/mol. The van der Waals surface area contributed by atoms with E-state index >= 15 is 0 Å².